The first-order valence-corrected chi connectivity index (χ1v) is 6.67. The van der Waals surface area contributed by atoms with Crippen LogP contribution in [0.4, 0.5) is 5.69 Å². The number of anilines is 1. The van der Waals surface area contributed by atoms with Crippen LogP contribution in [0.1, 0.15) is 16.7 Å². The van der Waals surface area contributed by atoms with Crippen molar-refractivity contribution in [2.24, 2.45) is 0 Å². The molecule has 2 rings (SSSR count). The minimum absolute atomic E-state index is 0.341. The molecule has 0 bridgehead atoms. The highest BCUT2D eigenvalue weighted by Gasteiger charge is 2.09. The average Bonchev–Trinajstić information content (AvgIpc) is 2.33. The van der Waals surface area contributed by atoms with E-state index in [-0.39, 0.29) is 0 Å². The topological polar surface area (TPSA) is 35.2 Å². The van der Waals surface area contributed by atoms with Gasteiger partial charge in [0.25, 0.3) is 0 Å². The van der Waals surface area contributed by atoms with E-state index in [0.29, 0.717) is 28.1 Å². The molecule has 2 N–H and O–H groups in total. The summed E-state index contributed by atoms with van der Waals surface area (Å²) in [5.74, 6) is 0.696. The van der Waals surface area contributed by atoms with Gasteiger partial charge in [-0.2, -0.15) is 0 Å². The number of halogens is 2. The summed E-state index contributed by atoms with van der Waals surface area (Å²) in [5.41, 5.74) is 9.57. The summed E-state index contributed by atoms with van der Waals surface area (Å²) in [5, 5.41) is 1.05. The lowest BCUT2D eigenvalue weighted by molar-refractivity contribution is 0.306. The van der Waals surface area contributed by atoms with E-state index in [1.54, 1.807) is 6.07 Å². The first-order chi connectivity index (χ1) is 8.99. The lowest BCUT2D eigenvalue weighted by Crippen LogP contribution is -2.01. The van der Waals surface area contributed by atoms with Crippen molar-refractivity contribution in [3.63, 3.8) is 0 Å². The van der Waals surface area contributed by atoms with Gasteiger partial charge in [-0.1, -0.05) is 41.4 Å². The quantitative estimate of drug-likeness (QED) is 0.828. The summed E-state index contributed by atoms with van der Waals surface area (Å²) >= 11 is 12.1. The molecule has 0 radical (unpaired) electrons. The van der Waals surface area contributed by atoms with Crippen molar-refractivity contribution in [1.29, 1.82) is 0 Å². The van der Waals surface area contributed by atoms with Gasteiger partial charge in [-0.05, 0) is 37.1 Å². The molecule has 0 saturated carbocycles. The molecule has 0 atom stereocenters. The van der Waals surface area contributed by atoms with Crippen LogP contribution in [0, 0.1) is 13.8 Å². The van der Waals surface area contributed by atoms with E-state index < -0.39 is 0 Å². The van der Waals surface area contributed by atoms with Crippen molar-refractivity contribution >= 4 is 28.9 Å². The van der Waals surface area contributed by atoms with Crippen molar-refractivity contribution in [2.45, 2.75) is 20.5 Å². The third-order valence-corrected chi connectivity index (χ3v) is 3.71. The van der Waals surface area contributed by atoms with E-state index in [9.17, 15) is 0 Å². The third kappa shape index (κ3) is 3.14. The predicted octanol–water partition coefficient (Wildman–Crippen LogP) is 4.77. The molecule has 0 aliphatic carbocycles. The number of nitrogen functional groups attached to an aromatic ring is 1. The Morgan fingerprint density at radius 2 is 1.89 bits per heavy atom. The monoisotopic (exact) mass is 295 g/mol. The summed E-state index contributed by atoms with van der Waals surface area (Å²) < 4.78 is 5.78. The van der Waals surface area contributed by atoms with E-state index >= 15 is 0 Å². The molecule has 0 aliphatic heterocycles. The number of ether oxygens (including phenoxy) is 1. The highest BCUT2D eigenvalue weighted by molar-refractivity contribution is 6.42. The Bertz CT molecular complexity index is 588. The Kier molecular flexibility index (Phi) is 4.23. The maximum Gasteiger partial charge on any atom is 0.145 e. The smallest absolute Gasteiger partial charge is 0.145 e. The number of rotatable bonds is 3. The molecule has 2 aromatic rings. The highest BCUT2D eigenvalue weighted by atomic mass is 35.5. The van der Waals surface area contributed by atoms with E-state index in [2.05, 4.69) is 0 Å². The molecular weight excluding hydrogens is 281 g/mol. The fourth-order valence-corrected chi connectivity index (χ4v) is 2.37. The van der Waals surface area contributed by atoms with Crippen LogP contribution in [0.5, 0.6) is 5.75 Å². The Morgan fingerprint density at radius 1 is 1.16 bits per heavy atom. The molecule has 0 unspecified atom stereocenters. The van der Waals surface area contributed by atoms with Crippen molar-refractivity contribution in [3.8, 4) is 5.75 Å². The van der Waals surface area contributed by atoms with E-state index in [1.807, 2.05) is 38.1 Å². The summed E-state index contributed by atoms with van der Waals surface area (Å²) in [6.45, 7) is 4.31. The molecule has 100 valence electrons. The number of benzene rings is 2. The van der Waals surface area contributed by atoms with Crippen LogP contribution < -0.4 is 10.5 Å². The fraction of sp³-hybridized carbons (Fsp3) is 0.200. The van der Waals surface area contributed by atoms with Gasteiger partial charge in [0.05, 0.1) is 15.7 Å². The van der Waals surface area contributed by atoms with Gasteiger partial charge in [0.1, 0.15) is 12.4 Å². The molecule has 0 amide bonds. The van der Waals surface area contributed by atoms with Crippen molar-refractivity contribution in [3.05, 3.63) is 57.1 Å². The largest absolute Gasteiger partial charge is 0.486 e. The van der Waals surface area contributed by atoms with Gasteiger partial charge in [-0.3, -0.25) is 0 Å². The van der Waals surface area contributed by atoms with Crippen LogP contribution in [0.2, 0.25) is 10.0 Å². The van der Waals surface area contributed by atoms with Gasteiger partial charge < -0.3 is 10.5 Å². The lowest BCUT2D eigenvalue weighted by Gasteiger charge is -2.13. The Balaban J connectivity index is 2.22. The number of hydrogen-bond donors (Lipinski definition) is 1. The molecule has 2 nitrogen and oxygen atoms in total. The van der Waals surface area contributed by atoms with Gasteiger partial charge in [0.15, 0.2) is 0 Å². The van der Waals surface area contributed by atoms with Crippen molar-refractivity contribution < 1.29 is 4.74 Å². The lowest BCUT2D eigenvalue weighted by atomic mass is 10.1. The standard InChI is InChI=1S/C15H15Cl2NO/c1-9-6-10(2)15(13(18)7-9)19-8-11-4-3-5-12(16)14(11)17/h3-7H,8,18H2,1-2H3. The predicted molar refractivity (Wildman–Crippen MR) is 81.1 cm³/mol. The van der Waals surface area contributed by atoms with Gasteiger partial charge >= 0.3 is 0 Å². The highest BCUT2D eigenvalue weighted by Crippen LogP contribution is 2.30. The summed E-state index contributed by atoms with van der Waals surface area (Å²) in [7, 11) is 0. The maximum absolute atomic E-state index is 6.12. The second-order valence-electron chi connectivity index (χ2n) is 4.50. The molecule has 0 heterocycles. The zero-order valence-corrected chi connectivity index (χ0v) is 12.3. The number of hydrogen-bond acceptors (Lipinski definition) is 2. The van der Waals surface area contributed by atoms with Crippen LogP contribution >= 0.6 is 23.2 Å². The van der Waals surface area contributed by atoms with Crippen LogP contribution in [0.3, 0.4) is 0 Å². The first-order valence-electron chi connectivity index (χ1n) is 5.91. The molecule has 0 aliphatic rings. The molecule has 0 aromatic heterocycles. The SMILES string of the molecule is Cc1cc(C)c(OCc2cccc(Cl)c2Cl)c(N)c1. The Hall–Kier alpha value is -1.38. The zero-order valence-electron chi connectivity index (χ0n) is 10.8. The molecule has 19 heavy (non-hydrogen) atoms. The fourth-order valence-electron chi connectivity index (χ4n) is 1.99. The normalized spacial score (nSPS) is 10.5. The van der Waals surface area contributed by atoms with Gasteiger partial charge in [-0.15, -0.1) is 0 Å². The van der Waals surface area contributed by atoms with Gasteiger partial charge in [0, 0.05) is 5.56 Å². The second-order valence-corrected chi connectivity index (χ2v) is 5.29. The molecule has 2 aromatic carbocycles. The Labute approximate surface area is 123 Å². The Morgan fingerprint density at radius 3 is 2.58 bits per heavy atom. The summed E-state index contributed by atoms with van der Waals surface area (Å²) in [6, 6.07) is 9.40. The minimum atomic E-state index is 0.341. The zero-order chi connectivity index (χ0) is 14.0. The van der Waals surface area contributed by atoms with E-state index in [1.165, 1.54) is 0 Å². The second kappa shape index (κ2) is 5.72. The molecule has 0 saturated heterocycles. The number of nitrogens with two attached hydrogens (primary N) is 1. The van der Waals surface area contributed by atoms with E-state index in [4.69, 9.17) is 33.7 Å². The molecular formula is C15H15Cl2NO. The first kappa shape index (κ1) is 14.0. The van der Waals surface area contributed by atoms with Crippen LogP contribution in [-0.4, -0.2) is 0 Å². The van der Waals surface area contributed by atoms with Gasteiger partial charge in [0.2, 0.25) is 0 Å². The van der Waals surface area contributed by atoms with Crippen LogP contribution in [0.25, 0.3) is 0 Å². The summed E-state index contributed by atoms with van der Waals surface area (Å²) in [4.78, 5) is 0. The van der Waals surface area contributed by atoms with Crippen molar-refractivity contribution in [2.75, 3.05) is 5.73 Å². The minimum Gasteiger partial charge on any atom is -0.486 e. The van der Waals surface area contributed by atoms with E-state index in [0.717, 1.165) is 16.7 Å². The summed E-state index contributed by atoms with van der Waals surface area (Å²) in [6.07, 6.45) is 0. The van der Waals surface area contributed by atoms with Crippen LogP contribution in [0.15, 0.2) is 30.3 Å². The van der Waals surface area contributed by atoms with Crippen LogP contribution in [-0.2, 0) is 6.61 Å². The molecule has 4 heteroatoms. The van der Waals surface area contributed by atoms with Crippen molar-refractivity contribution in [1.82, 2.24) is 0 Å². The van der Waals surface area contributed by atoms with Gasteiger partial charge in [-0.25, -0.2) is 0 Å². The third-order valence-electron chi connectivity index (χ3n) is 2.85. The molecule has 0 fully saturated rings. The average molecular weight is 296 g/mol. The molecule has 0 spiro atoms. The maximum atomic E-state index is 6.12. The number of aryl methyl sites for hydroxylation is 2.